The number of nitrogens with zero attached hydrogens (tertiary/aromatic N) is 3. The molecule has 0 saturated carbocycles. The molecule has 2 aromatic carbocycles. The zero-order valence-corrected chi connectivity index (χ0v) is 19.1. The van der Waals surface area contributed by atoms with Crippen LogP contribution in [-0.2, 0) is 4.74 Å². The Labute approximate surface area is 203 Å². The molecule has 34 heavy (non-hydrogen) atoms. The van der Waals surface area contributed by atoms with Crippen LogP contribution in [-0.4, -0.2) is 60.7 Å². The molecule has 182 valence electrons. The van der Waals surface area contributed by atoms with E-state index in [9.17, 15) is 32.9 Å². The van der Waals surface area contributed by atoms with Crippen LogP contribution in [0.25, 0.3) is 11.3 Å². The van der Waals surface area contributed by atoms with Crippen LogP contribution in [0.1, 0.15) is 6.04 Å². The van der Waals surface area contributed by atoms with Crippen LogP contribution in [0.4, 0.5) is 17.6 Å². The fourth-order valence-electron chi connectivity index (χ4n) is 3.46. The van der Waals surface area contributed by atoms with Crippen LogP contribution in [0.5, 0.6) is 0 Å². The molecule has 1 aliphatic rings. The number of halogens is 6. The lowest BCUT2D eigenvalue weighted by Gasteiger charge is -2.41. The third-order valence-electron chi connectivity index (χ3n) is 5.16. The van der Waals surface area contributed by atoms with E-state index in [1.807, 2.05) is 0 Å². The van der Waals surface area contributed by atoms with Gasteiger partial charge in [0.25, 0.3) is 0 Å². The Balaban J connectivity index is 1.65. The highest BCUT2D eigenvalue weighted by atomic mass is 35.5. The fraction of sp³-hybridized carbons (Fsp3) is 0.300. The van der Waals surface area contributed by atoms with E-state index in [0.717, 1.165) is 22.5 Å². The van der Waals surface area contributed by atoms with E-state index in [0.29, 0.717) is 12.1 Å². The first-order chi connectivity index (χ1) is 16.1. The van der Waals surface area contributed by atoms with Crippen molar-refractivity contribution < 1.29 is 37.6 Å². The van der Waals surface area contributed by atoms with E-state index in [1.54, 1.807) is 0 Å². The van der Waals surface area contributed by atoms with Gasteiger partial charge in [-0.05, 0) is 24.3 Å². The van der Waals surface area contributed by atoms with Gasteiger partial charge in [-0.15, -0.1) is 5.10 Å². The molecular formula is C20H15Cl2F4N3O4S. The molecule has 0 bridgehead atoms. The summed E-state index contributed by atoms with van der Waals surface area (Å²) in [4.78, 5) is -0.0122. The fourth-order valence-corrected chi connectivity index (χ4v) is 4.94. The zero-order chi connectivity index (χ0) is 24.7. The Morgan fingerprint density at radius 1 is 0.971 bits per heavy atom. The van der Waals surface area contributed by atoms with Crippen molar-refractivity contribution in [1.82, 2.24) is 15.0 Å². The third-order valence-corrected chi connectivity index (χ3v) is 7.07. The van der Waals surface area contributed by atoms with Gasteiger partial charge in [0, 0.05) is 10.5 Å². The number of aliphatic hydroxyl groups is 3. The number of ether oxygens (including phenoxy) is 1. The largest absolute Gasteiger partial charge is 0.394 e. The van der Waals surface area contributed by atoms with Crippen molar-refractivity contribution in [3.8, 4) is 11.3 Å². The van der Waals surface area contributed by atoms with Gasteiger partial charge in [0.05, 0.1) is 22.8 Å². The lowest BCUT2D eigenvalue weighted by Crippen LogP contribution is -2.55. The first-order valence-electron chi connectivity index (χ1n) is 9.61. The summed E-state index contributed by atoms with van der Waals surface area (Å²) in [5, 5.41) is 38.8. The Bertz CT molecular complexity index is 1200. The number of thioether (sulfide) groups is 1. The molecule has 2 heterocycles. The lowest BCUT2D eigenvalue weighted by molar-refractivity contribution is -0.178. The van der Waals surface area contributed by atoms with Gasteiger partial charge in [-0.2, -0.15) is 0 Å². The molecule has 7 nitrogen and oxygen atoms in total. The number of aliphatic hydroxyl groups excluding tert-OH is 3. The summed E-state index contributed by atoms with van der Waals surface area (Å²) < 4.78 is 61.4. The Hall–Kier alpha value is -1.93. The average molecular weight is 540 g/mol. The Morgan fingerprint density at radius 3 is 2.26 bits per heavy atom. The van der Waals surface area contributed by atoms with Gasteiger partial charge in [0.2, 0.25) is 0 Å². The van der Waals surface area contributed by atoms with Gasteiger partial charge < -0.3 is 20.1 Å². The van der Waals surface area contributed by atoms with E-state index in [4.69, 9.17) is 27.9 Å². The summed E-state index contributed by atoms with van der Waals surface area (Å²) in [6.45, 7) is -0.652. The number of benzene rings is 2. The van der Waals surface area contributed by atoms with E-state index < -0.39 is 59.7 Å². The van der Waals surface area contributed by atoms with Crippen molar-refractivity contribution in [3.63, 3.8) is 0 Å². The number of hydrogen-bond acceptors (Lipinski definition) is 7. The molecule has 2 unspecified atom stereocenters. The Morgan fingerprint density at radius 2 is 1.62 bits per heavy atom. The van der Waals surface area contributed by atoms with Crippen molar-refractivity contribution in [2.24, 2.45) is 0 Å². The topological polar surface area (TPSA) is 101 Å². The molecule has 0 aliphatic carbocycles. The van der Waals surface area contributed by atoms with Crippen LogP contribution < -0.4 is 0 Å². The molecule has 14 heteroatoms. The summed E-state index contributed by atoms with van der Waals surface area (Å²) in [5.74, 6) is -5.25. The second kappa shape index (κ2) is 9.97. The lowest BCUT2D eigenvalue weighted by atomic mass is 9.97. The summed E-state index contributed by atoms with van der Waals surface area (Å²) in [6.07, 6.45) is -3.05. The Kier molecular flexibility index (Phi) is 7.38. The predicted octanol–water partition coefficient (Wildman–Crippen LogP) is 3.58. The molecule has 0 spiro atoms. The van der Waals surface area contributed by atoms with Gasteiger partial charge >= 0.3 is 0 Å². The maximum Gasteiger partial charge on any atom is 0.194 e. The molecule has 4 rings (SSSR count). The molecule has 1 saturated heterocycles. The highest BCUT2D eigenvalue weighted by Gasteiger charge is 2.46. The second-order valence-electron chi connectivity index (χ2n) is 7.35. The minimum atomic E-state index is -1.65. The SMILES string of the molecule is OCC1O[C@H](Sc2cc(Cl)c(Cl)cc2F)C(O)[C@@H](n2cc(-c3cc(F)c(F)c(F)c3)nn2)[C@H]1O. The van der Waals surface area contributed by atoms with E-state index in [1.165, 1.54) is 12.3 Å². The molecule has 3 aromatic rings. The van der Waals surface area contributed by atoms with Crippen molar-refractivity contribution in [2.45, 2.75) is 34.7 Å². The van der Waals surface area contributed by atoms with Crippen molar-refractivity contribution in [1.29, 1.82) is 0 Å². The van der Waals surface area contributed by atoms with Gasteiger partial charge in [0.15, 0.2) is 17.5 Å². The standard InChI is InChI=1S/C20H15Cl2F4N3O4S/c21-8-3-10(23)15(4-9(8)22)34-20-19(32)17(18(31)14(6-30)33-20)29-5-13(27-28-29)7-1-11(24)16(26)12(25)2-7/h1-5,14,17-20,30-32H,6H2/t14?,17-,18-,19?,20+/m0/s1. The van der Waals surface area contributed by atoms with Gasteiger partial charge in [-0.25, -0.2) is 22.2 Å². The van der Waals surface area contributed by atoms with Crippen LogP contribution in [0.2, 0.25) is 10.0 Å². The number of rotatable bonds is 5. The molecule has 5 atom stereocenters. The maximum atomic E-state index is 14.4. The molecule has 0 radical (unpaired) electrons. The van der Waals surface area contributed by atoms with E-state index in [2.05, 4.69) is 10.3 Å². The molecule has 0 amide bonds. The predicted molar refractivity (Wildman–Crippen MR) is 114 cm³/mol. The maximum absolute atomic E-state index is 14.4. The van der Waals surface area contributed by atoms with Crippen LogP contribution in [0.3, 0.4) is 0 Å². The highest BCUT2D eigenvalue weighted by molar-refractivity contribution is 7.99. The molecular weight excluding hydrogens is 525 g/mol. The summed E-state index contributed by atoms with van der Waals surface area (Å²) >= 11 is 12.5. The van der Waals surface area contributed by atoms with Crippen LogP contribution in [0.15, 0.2) is 35.4 Å². The van der Waals surface area contributed by atoms with E-state index >= 15 is 0 Å². The first kappa shape index (κ1) is 25.2. The smallest absolute Gasteiger partial charge is 0.194 e. The van der Waals surface area contributed by atoms with Gasteiger partial charge in [-0.3, -0.25) is 0 Å². The monoisotopic (exact) mass is 539 g/mol. The van der Waals surface area contributed by atoms with Gasteiger partial charge in [-0.1, -0.05) is 40.2 Å². The quantitative estimate of drug-likeness (QED) is 0.259. The van der Waals surface area contributed by atoms with Crippen molar-refractivity contribution in [2.75, 3.05) is 6.61 Å². The van der Waals surface area contributed by atoms with Crippen molar-refractivity contribution in [3.05, 3.63) is 63.8 Å². The first-order valence-corrected chi connectivity index (χ1v) is 11.2. The second-order valence-corrected chi connectivity index (χ2v) is 9.30. The highest BCUT2D eigenvalue weighted by Crippen LogP contribution is 2.40. The molecule has 1 aliphatic heterocycles. The molecule has 1 aromatic heterocycles. The minimum Gasteiger partial charge on any atom is -0.394 e. The number of hydrogen-bond donors (Lipinski definition) is 3. The normalized spacial score (nSPS) is 25.0. The van der Waals surface area contributed by atoms with Crippen LogP contribution in [0, 0.1) is 23.3 Å². The summed E-state index contributed by atoms with van der Waals surface area (Å²) in [5.41, 5.74) is -1.42. The average Bonchev–Trinajstić information content (AvgIpc) is 3.27. The summed E-state index contributed by atoms with van der Waals surface area (Å²) in [7, 11) is 0. The molecule has 3 N–H and O–H groups in total. The summed E-state index contributed by atoms with van der Waals surface area (Å²) in [6, 6.07) is 2.39. The van der Waals surface area contributed by atoms with Crippen molar-refractivity contribution >= 4 is 35.0 Å². The van der Waals surface area contributed by atoms with E-state index in [-0.39, 0.29) is 26.2 Å². The minimum absolute atomic E-state index is 0.0122. The zero-order valence-electron chi connectivity index (χ0n) is 16.7. The third kappa shape index (κ3) is 4.76. The number of aromatic nitrogens is 3. The van der Waals surface area contributed by atoms with Gasteiger partial charge in [0.1, 0.15) is 41.3 Å². The molecule has 1 fully saturated rings. The van der Waals surface area contributed by atoms with Crippen LogP contribution >= 0.6 is 35.0 Å².